The highest BCUT2D eigenvalue weighted by Crippen LogP contribution is 2.27. The van der Waals surface area contributed by atoms with Crippen molar-refractivity contribution in [3.63, 3.8) is 0 Å². The van der Waals surface area contributed by atoms with E-state index < -0.39 is 0 Å². The Balaban J connectivity index is 1.31. The van der Waals surface area contributed by atoms with Crippen molar-refractivity contribution in [3.05, 3.63) is 59.1 Å². The van der Waals surface area contributed by atoms with E-state index in [1.54, 1.807) is 48.5 Å². The summed E-state index contributed by atoms with van der Waals surface area (Å²) >= 11 is 5.84. The zero-order valence-corrected chi connectivity index (χ0v) is 17.9. The molecule has 0 aromatic heterocycles. The number of nitrogens with zero attached hydrogens (tertiary/aromatic N) is 1. The molecule has 162 valence electrons. The number of carbonyl (C=O) groups is 2. The average molecular weight is 441 g/mol. The van der Waals surface area contributed by atoms with Gasteiger partial charge >= 0.3 is 0 Å². The standard InChI is InChI=1S/C24H25ClN2O4/c25-19-5-11-23(12-6-19)30-15-21(28)13-17-1-7-20(8-2-17)27-24(29)16-31-22-9-3-18(14-26)4-10-22/h3-6,9-12,17,20H,1-2,7-8,13,15-16H2,(H,27,29). The molecule has 7 heteroatoms. The summed E-state index contributed by atoms with van der Waals surface area (Å²) in [5, 5.41) is 12.4. The Bertz CT molecular complexity index is 914. The van der Waals surface area contributed by atoms with Gasteiger partial charge in [0, 0.05) is 17.5 Å². The second-order valence-electron chi connectivity index (χ2n) is 7.70. The number of amides is 1. The largest absolute Gasteiger partial charge is 0.486 e. The van der Waals surface area contributed by atoms with Crippen LogP contribution in [-0.4, -0.2) is 30.9 Å². The minimum absolute atomic E-state index is 0.0605. The predicted molar refractivity (Wildman–Crippen MR) is 117 cm³/mol. The molecule has 3 rings (SSSR count). The molecule has 6 nitrogen and oxygen atoms in total. The summed E-state index contributed by atoms with van der Waals surface area (Å²) < 4.78 is 11.0. The maximum absolute atomic E-state index is 12.2. The van der Waals surface area contributed by atoms with Gasteiger partial charge in [-0.2, -0.15) is 5.26 Å². The summed E-state index contributed by atoms with van der Waals surface area (Å²) in [4.78, 5) is 24.4. The highest BCUT2D eigenvalue weighted by Gasteiger charge is 2.24. The van der Waals surface area contributed by atoms with E-state index in [-0.39, 0.29) is 30.9 Å². The Hall–Kier alpha value is -3.04. The van der Waals surface area contributed by atoms with Crippen molar-refractivity contribution in [2.45, 2.75) is 38.1 Å². The van der Waals surface area contributed by atoms with Crippen molar-refractivity contribution < 1.29 is 19.1 Å². The van der Waals surface area contributed by atoms with Crippen molar-refractivity contribution in [3.8, 4) is 17.6 Å². The van der Waals surface area contributed by atoms with Crippen molar-refractivity contribution in [2.24, 2.45) is 5.92 Å². The van der Waals surface area contributed by atoms with Crippen LogP contribution in [0.15, 0.2) is 48.5 Å². The van der Waals surface area contributed by atoms with Crippen LogP contribution in [0.1, 0.15) is 37.7 Å². The smallest absolute Gasteiger partial charge is 0.258 e. The lowest BCUT2D eigenvalue weighted by Gasteiger charge is -2.28. The molecule has 1 N–H and O–H groups in total. The topological polar surface area (TPSA) is 88.4 Å². The van der Waals surface area contributed by atoms with E-state index in [2.05, 4.69) is 5.32 Å². The Morgan fingerprint density at radius 1 is 0.935 bits per heavy atom. The lowest BCUT2D eigenvalue weighted by atomic mass is 9.83. The van der Waals surface area contributed by atoms with Gasteiger partial charge in [-0.1, -0.05) is 11.6 Å². The fraction of sp³-hybridized carbons (Fsp3) is 0.375. The molecule has 1 saturated carbocycles. The summed E-state index contributed by atoms with van der Waals surface area (Å²) in [6, 6.07) is 15.7. The molecule has 2 aromatic carbocycles. The fourth-order valence-corrected chi connectivity index (χ4v) is 3.76. The fourth-order valence-electron chi connectivity index (χ4n) is 3.63. The molecule has 0 saturated heterocycles. The maximum Gasteiger partial charge on any atom is 0.258 e. The second-order valence-corrected chi connectivity index (χ2v) is 8.13. The summed E-state index contributed by atoms with van der Waals surface area (Å²) in [5.74, 6) is 1.42. The molecule has 2 aromatic rings. The quantitative estimate of drug-likeness (QED) is 0.627. The Morgan fingerprint density at radius 2 is 1.52 bits per heavy atom. The van der Waals surface area contributed by atoms with Crippen LogP contribution in [0.2, 0.25) is 5.02 Å². The number of nitriles is 1. The highest BCUT2D eigenvalue weighted by molar-refractivity contribution is 6.30. The van der Waals surface area contributed by atoms with E-state index in [4.69, 9.17) is 26.3 Å². The summed E-state index contributed by atoms with van der Waals surface area (Å²) in [6.45, 7) is -0.00265. The Morgan fingerprint density at radius 3 is 2.13 bits per heavy atom. The van der Waals surface area contributed by atoms with Gasteiger partial charge in [0.1, 0.15) is 18.1 Å². The molecule has 0 radical (unpaired) electrons. The van der Waals surface area contributed by atoms with Crippen molar-refractivity contribution in [2.75, 3.05) is 13.2 Å². The molecule has 31 heavy (non-hydrogen) atoms. The van der Waals surface area contributed by atoms with Gasteiger partial charge in [0.25, 0.3) is 5.91 Å². The van der Waals surface area contributed by atoms with E-state index in [9.17, 15) is 9.59 Å². The Kier molecular flexibility index (Phi) is 8.31. The van der Waals surface area contributed by atoms with E-state index in [1.807, 2.05) is 6.07 Å². The van der Waals surface area contributed by atoms with Crippen LogP contribution in [-0.2, 0) is 9.59 Å². The molecule has 1 aliphatic rings. The normalized spacial score (nSPS) is 17.9. The third-order valence-electron chi connectivity index (χ3n) is 5.30. The number of nitrogens with one attached hydrogen (secondary N) is 1. The lowest BCUT2D eigenvalue weighted by molar-refractivity contribution is -0.125. The zero-order valence-electron chi connectivity index (χ0n) is 17.2. The molecule has 0 unspecified atom stereocenters. The number of rotatable bonds is 9. The monoisotopic (exact) mass is 440 g/mol. The molecule has 0 atom stereocenters. The molecular formula is C24H25ClN2O4. The first kappa shape index (κ1) is 22.6. The van der Waals surface area contributed by atoms with Gasteiger partial charge in [0.2, 0.25) is 0 Å². The van der Waals surface area contributed by atoms with E-state index in [0.717, 1.165) is 25.7 Å². The number of benzene rings is 2. The molecule has 1 aliphatic carbocycles. The first-order chi connectivity index (χ1) is 15.0. The van der Waals surface area contributed by atoms with Crippen LogP contribution in [0.3, 0.4) is 0 Å². The molecule has 1 fully saturated rings. The van der Waals surface area contributed by atoms with Gasteiger partial charge in [-0.3, -0.25) is 9.59 Å². The SMILES string of the molecule is N#Cc1ccc(OCC(=O)NC2CCC(CC(=O)COc3ccc(Cl)cc3)CC2)cc1. The number of ketones is 1. The molecule has 1 amide bonds. The minimum atomic E-state index is -0.166. The van der Waals surface area contributed by atoms with Crippen LogP contribution in [0.4, 0.5) is 0 Å². The molecule has 0 heterocycles. The first-order valence-electron chi connectivity index (χ1n) is 10.3. The minimum Gasteiger partial charge on any atom is -0.486 e. The number of ether oxygens (including phenoxy) is 2. The Labute approximate surface area is 187 Å². The second kappa shape index (κ2) is 11.4. The maximum atomic E-state index is 12.2. The van der Waals surface area contributed by atoms with Crippen molar-refractivity contribution in [1.82, 2.24) is 5.32 Å². The van der Waals surface area contributed by atoms with Crippen molar-refractivity contribution >= 4 is 23.3 Å². The molecule has 0 bridgehead atoms. The molecule has 0 spiro atoms. The average Bonchev–Trinajstić information content (AvgIpc) is 2.79. The summed E-state index contributed by atoms with van der Waals surface area (Å²) in [5.41, 5.74) is 0.545. The van der Waals surface area contributed by atoms with E-state index in [1.165, 1.54) is 0 Å². The van der Waals surface area contributed by atoms with Crippen LogP contribution in [0.25, 0.3) is 0 Å². The van der Waals surface area contributed by atoms with Crippen LogP contribution in [0.5, 0.6) is 11.5 Å². The number of hydrogen-bond donors (Lipinski definition) is 1. The van der Waals surface area contributed by atoms with Gasteiger partial charge in [-0.15, -0.1) is 0 Å². The molecule has 0 aliphatic heterocycles. The third kappa shape index (κ3) is 7.62. The zero-order chi connectivity index (χ0) is 22.1. The van der Waals surface area contributed by atoms with Gasteiger partial charge in [-0.05, 0) is 80.1 Å². The van der Waals surface area contributed by atoms with E-state index >= 15 is 0 Å². The number of hydrogen-bond acceptors (Lipinski definition) is 5. The summed E-state index contributed by atoms with van der Waals surface area (Å²) in [6.07, 6.45) is 3.98. The van der Waals surface area contributed by atoms with Gasteiger partial charge < -0.3 is 14.8 Å². The van der Waals surface area contributed by atoms with Gasteiger partial charge in [0.15, 0.2) is 12.4 Å². The van der Waals surface area contributed by atoms with Crippen LogP contribution >= 0.6 is 11.6 Å². The van der Waals surface area contributed by atoms with E-state index in [0.29, 0.717) is 34.4 Å². The molecular weight excluding hydrogens is 416 g/mol. The number of Topliss-reactive ketones (excluding diaryl/α,β-unsaturated/α-hetero) is 1. The third-order valence-corrected chi connectivity index (χ3v) is 5.55. The first-order valence-corrected chi connectivity index (χ1v) is 10.7. The highest BCUT2D eigenvalue weighted by atomic mass is 35.5. The van der Waals surface area contributed by atoms with Gasteiger partial charge in [0.05, 0.1) is 11.6 Å². The predicted octanol–water partition coefficient (Wildman–Crippen LogP) is 4.30. The number of carbonyl (C=O) groups excluding carboxylic acids is 2. The number of halogens is 1. The van der Waals surface area contributed by atoms with Gasteiger partial charge in [-0.25, -0.2) is 0 Å². The summed E-state index contributed by atoms with van der Waals surface area (Å²) in [7, 11) is 0. The van der Waals surface area contributed by atoms with Crippen LogP contribution < -0.4 is 14.8 Å². The van der Waals surface area contributed by atoms with Crippen molar-refractivity contribution in [1.29, 1.82) is 5.26 Å². The van der Waals surface area contributed by atoms with Crippen LogP contribution in [0, 0.1) is 17.2 Å². The lowest BCUT2D eigenvalue weighted by Crippen LogP contribution is -2.40.